The Morgan fingerprint density at radius 1 is 1.16 bits per heavy atom. The molecule has 0 saturated carbocycles. The van der Waals surface area contributed by atoms with Crippen molar-refractivity contribution < 1.29 is 35.2 Å². The Kier molecular flexibility index (Phi) is 6.87. The smallest absolute Gasteiger partial charge is 0.338 e. The van der Waals surface area contributed by atoms with E-state index >= 15 is 0 Å². The highest BCUT2D eigenvalue weighted by atomic mass is 35.5. The van der Waals surface area contributed by atoms with Crippen LogP contribution >= 0.6 is 11.6 Å². The number of nitrogens with one attached hydrogen (secondary N) is 2. The van der Waals surface area contributed by atoms with Gasteiger partial charge in [-0.15, -0.1) is 0 Å². The molecule has 1 aliphatic rings. The summed E-state index contributed by atoms with van der Waals surface area (Å²) in [4.78, 5) is 12.3. The van der Waals surface area contributed by atoms with E-state index in [1.165, 1.54) is 4.57 Å². The molecule has 1 aliphatic heterocycles. The van der Waals surface area contributed by atoms with Gasteiger partial charge in [-0.3, -0.25) is 4.79 Å². The van der Waals surface area contributed by atoms with Crippen LogP contribution in [0.15, 0.2) is 23.1 Å². The van der Waals surface area contributed by atoms with Crippen molar-refractivity contribution >= 4 is 33.2 Å². The average molecular weight is 500 g/mol. The van der Waals surface area contributed by atoms with Crippen molar-refractivity contribution in [1.82, 2.24) is 9.29 Å². The fourth-order valence-corrected chi connectivity index (χ4v) is 5.64. The summed E-state index contributed by atoms with van der Waals surface area (Å²) in [6, 6.07) is 0.242. The summed E-state index contributed by atoms with van der Waals surface area (Å²) < 4.78 is 94.1. The largest absolute Gasteiger partial charge is 0.404 e. The van der Waals surface area contributed by atoms with Gasteiger partial charge in [0.1, 0.15) is 16.6 Å². The molecule has 1 aromatic carbocycles. The van der Waals surface area contributed by atoms with Crippen LogP contribution in [0.5, 0.6) is 0 Å². The van der Waals surface area contributed by atoms with Crippen molar-refractivity contribution in [3.05, 3.63) is 46.2 Å². The molecule has 32 heavy (non-hydrogen) atoms. The van der Waals surface area contributed by atoms with Gasteiger partial charge < -0.3 is 9.88 Å². The van der Waals surface area contributed by atoms with Crippen LogP contribution in [-0.4, -0.2) is 31.1 Å². The molecule has 3 rings (SSSR count). The molecule has 6 nitrogen and oxygen atoms in total. The van der Waals surface area contributed by atoms with Crippen LogP contribution in [0.3, 0.4) is 0 Å². The number of halogens is 6. The maximum absolute atomic E-state index is 13.5. The average Bonchev–Trinajstić information content (AvgIpc) is 2.80. The second-order valence-electron chi connectivity index (χ2n) is 7.37. The molecule has 0 unspecified atom stereocenters. The van der Waals surface area contributed by atoms with Gasteiger partial charge in [0, 0.05) is 24.0 Å². The molecule has 2 aromatic rings. The summed E-state index contributed by atoms with van der Waals surface area (Å²) in [5.41, 5.74) is -0.277. The Balaban J connectivity index is 2.07. The minimum Gasteiger partial charge on any atom is -0.338 e. The number of nitrogens with zero attached hydrogens (tertiary/aromatic N) is 1. The number of hydrogen-bond donors (Lipinski definition) is 2. The number of carbonyl (C=O) groups excluding carboxylic acids is 1. The molecule has 1 atom stereocenters. The van der Waals surface area contributed by atoms with Gasteiger partial charge in [0.25, 0.3) is 5.91 Å². The lowest BCUT2D eigenvalue weighted by molar-refractivity contribution is -0.147. The normalized spacial score (nSPS) is 15.7. The van der Waals surface area contributed by atoms with E-state index in [1.54, 1.807) is 4.72 Å². The van der Waals surface area contributed by atoms with Gasteiger partial charge in [0.15, 0.2) is 11.6 Å². The highest BCUT2D eigenvalue weighted by Crippen LogP contribution is 2.36. The van der Waals surface area contributed by atoms with Crippen molar-refractivity contribution in [2.24, 2.45) is 0 Å². The van der Waals surface area contributed by atoms with E-state index in [9.17, 15) is 35.2 Å². The van der Waals surface area contributed by atoms with Gasteiger partial charge in [-0.25, -0.2) is 17.2 Å². The number of anilines is 1. The van der Waals surface area contributed by atoms with Crippen molar-refractivity contribution in [1.29, 1.82) is 0 Å². The molecule has 1 aromatic heterocycles. The predicted molar refractivity (Wildman–Crippen MR) is 107 cm³/mol. The summed E-state index contributed by atoms with van der Waals surface area (Å²) in [5.74, 6) is -3.25. The minimum atomic E-state index is -4.83. The zero-order valence-corrected chi connectivity index (χ0v) is 18.3. The van der Waals surface area contributed by atoms with E-state index in [0.29, 0.717) is 26.2 Å². The van der Waals surface area contributed by atoms with Gasteiger partial charge >= 0.3 is 6.18 Å². The molecule has 13 heteroatoms. The molecular weight excluding hydrogens is 481 g/mol. The fourth-order valence-electron chi connectivity index (χ4n) is 3.46. The summed E-state index contributed by atoms with van der Waals surface area (Å²) >= 11 is 6.26. The first-order valence-corrected chi connectivity index (χ1v) is 11.5. The van der Waals surface area contributed by atoms with Crippen LogP contribution in [0.25, 0.3) is 0 Å². The van der Waals surface area contributed by atoms with E-state index in [2.05, 4.69) is 5.32 Å². The van der Waals surface area contributed by atoms with Crippen LogP contribution in [0.2, 0.25) is 5.02 Å². The van der Waals surface area contributed by atoms with Crippen LogP contribution in [0.4, 0.5) is 27.6 Å². The van der Waals surface area contributed by atoms with E-state index in [0.717, 1.165) is 18.2 Å². The maximum atomic E-state index is 13.5. The lowest BCUT2D eigenvalue weighted by Crippen LogP contribution is -2.43. The molecule has 2 heterocycles. The van der Waals surface area contributed by atoms with Crippen molar-refractivity contribution in [2.45, 2.75) is 56.3 Å². The van der Waals surface area contributed by atoms with Crippen LogP contribution in [0, 0.1) is 11.6 Å². The number of sulfonamides is 1. The van der Waals surface area contributed by atoms with E-state index in [4.69, 9.17) is 11.6 Å². The highest BCUT2D eigenvalue weighted by molar-refractivity contribution is 7.89. The third-order valence-electron chi connectivity index (χ3n) is 5.04. The minimum absolute atomic E-state index is 0.109. The number of hydrogen-bond acceptors (Lipinski definition) is 3. The molecule has 176 valence electrons. The Morgan fingerprint density at radius 3 is 2.47 bits per heavy atom. The number of amides is 1. The first-order chi connectivity index (χ1) is 14.8. The van der Waals surface area contributed by atoms with Crippen molar-refractivity contribution in [3.63, 3.8) is 0 Å². The molecule has 2 N–H and O–H groups in total. The summed E-state index contributed by atoms with van der Waals surface area (Å²) in [5, 5.41) is 1.78. The Bertz CT molecular complexity index is 1150. The molecule has 1 amide bonds. The maximum Gasteiger partial charge on any atom is 0.404 e. The van der Waals surface area contributed by atoms with Crippen LogP contribution in [0.1, 0.15) is 42.4 Å². The molecule has 0 aliphatic carbocycles. The number of carbonyl (C=O) groups is 1. The lowest BCUT2D eigenvalue weighted by Gasteiger charge is -2.18. The fraction of sp³-hybridized carbons (Fsp3) is 0.421. The van der Waals surface area contributed by atoms with Gasteiger partial charge in [0.05, 0.1) is 5.02 Å². The van der Waals surface area contributed by atoms with Crippen LogP contribution in [-0.2, 0) is 23.0 Å². The first kappa shape index (κ1) is 24.5. The molecule has 0 radical (unpaired) electrons. The van der Waals surface area contributed by atoms with E-state index in [-0.39, 0.29) is 30.0 Å². The Hall–Kier alpha value is -2.18. The Labute approximate surface area is 185 Å². The second-order valence-corrected chi connectivity index (χ2v) is 9.40. The molecule has 0 saturated heterocycles. The van der Waals surface area contributed by atoms with Crippen LogP contribution < -0.4 is 10.0 Å². The van der Waals surface area contributed by atoms with Crippen molar-refractivity contribution in [3.8, 4) is 0 Å². The van der Waals surface area contributed by atoms with E-state index in [1.807, 2.05) is 0 Å². The van der Waals surface area contributed by atoms with Gasteiger partial charge in [0.2, 0.25) is 10.0 Å². The zero-order chi connectivity index (χ0) is 23.8. The summed E-state index contributed by atoms with van der Waals surface area (Å²) in [6.45, 7) is 0.858. The standard InChI is InChI=1S/C19H19ClF5N3O3S/c1-10(19(23,24)25)27-32(30,31)17-14-5-3-2-4-8-28(14)16(15(17)20)18(29)26-11-6-7-12(21)13(22)9-11/h6-7,9-10,27H,2-5,8H2,1H3,(H,26,29)/t10-/m1/s1. The summed E-state index contributed by atoms with van der Waals surface area (Å²) in [6.07, 6.45) is -2.83. The third-order valence-corrected chi connectivity index (χ3v) is 7.17. The zero-order valence-electron chi connectivity index (χ0n) is 16.7. The predicted octanol–water partition coefficient (Wildman–Crippen LogP) is 4.63. The van der Waals surface area contributed by atoms with Gasteiger partial charge in [-0.05, 0) is 38.3 Å². The molecule has 0 bridgehead atoms. The molecule has 0 spiro atoms. The van der Waals surface area contributed by atoms with Gasteiger partial charge in [-0.1, -0.05) is 18.0 Å². The number of rotatable bonds is 5. The summed E-state index contributed by atoms with van der Waals surface area (Å²) in [7, 11) is -4.74. The number of alkyl halides is 3. The van der Waals surface area contributed by atoms with Gasteiger partial charge in [-0.2, -0.15) is 17.9 Å². The monoisotopic (exact) mass is 499 g/mol. The number of benzene rings is 1. The topological polar surface area (TPSA) is 80.2 Å². The Morgan fingerprint density at radius 2 is 1.84 bits per heavy atom. The first-order valence-electron chi connectivity index (χ1n) is 9.59. The second kappa shape index (κ2) is 8.99. The lowest BCUT2D eigenvalue weighted by atomic mass is 10.2. The quantitative estimate of drug-likeness (QED) is 0.589. The number of aromatic nitrogens is 1. The SMILES string of the molecule is C[C@@H](NS(=O)(=O)c1c(Cl)c(C(=O)Nc2ccc(F)c(F)c2)n2c1CCCCC2)C(F)(F)F. The van der Waals surface area contributed by atoms with Crippen molar-refractivity contribution in [2.75, 3.05) is 5.32 Å². The molecule has 0 fully saturated rings. The van der Waals surface area contributed by atoms with E-state index < -0.39 is 49.7 Å². The third kappa shape index (κ3) is 4.91. The number of fused-ring (bicyclic) bond motifs is 1. The molecular formula is C19H19ClF5N3O3S. The highest BCUT2D eigenvalue weighted by Gasteiger charge is 2.41.